The van der Waals surface area contributed by atoms with Crippen molar-refractivity contribution in [3.63, 3.8) is 0 Å². The summed E-state index contributed by atoms with van der Waals surface area (Å²) in [6.45, 7) is 1.88. The number of alkyl halides is 3. The van der Waals surface area contributed by atoms with Crippen LogP contribution in [0, 0.1) is 5.41 Å². The largest absolute Gasteiger partial charge is 0.418 e. The van der Waals surface area contributed by atoms with Crippen molar-refractivity contribution in [3.8, 4) is 0 Å². The third kappa shape index (κ3) is 2.68. The van der Waals surface area contributed by atoms with Crippen molar-refractivity contribution in [2.24, 2.45) is 5.41 Å². The maximum Gasteiger partial charge on any atom is 0.418 e. The number of rotatable bonds is 2. The van der Waals surface area contributed by atoms with Gasteiger partial charge in [0, 0.05) is 11.8 Å². The van der Waals surface area contributed by atoms with Gasteiger partial charge in [-0.15, -0.1) is 0 Å². The van der Waals surface area contributed by atoms with Crippen molar-refractivity contribution >= 4 is 11.6 Å². The van der Waals surface area contributed by atoms with Gasteiger partial charge in [-0.25, -0.2) is 0 Å². The van der Waals surface area contributed by atoms with Gasteiger partial charge in [-0.3, -0.25) is 4.79 Å². The fourth-order valence-corrected chi connectivity index (χ4v) is 5.29. The molecule has 0 saturated carbocycles. The first-order valence-corrected chi connectivity index (χ1v) is 9.96. The van der Waals surface area contributed by atoms with Crippen molar-refractivity contribution in [3.05, 3.63) is 101 Å². The Morgan fingerprint density at radius 2 is 1.37 bits per heavy atom. The van der Waals surface area contributed by atoms with E-state index >= 15 is 0 Å². The molecule has 2 nitrogen and oxygen atoms in total. The zero-order valence-corrected chi connectivity index (χ0v) is 16.3. The van der Waals surface area contributed by atoms with E-state index in [2.05, 4.69) is 17.4 Å². The maximum atomic E-state index is 13.5. The highest BCUT2D eigenvalue weighted by atomic mass is 19.4. The van der Waals surface area contributed by atoms with E-state index in [4.69, 9.17) is 0 Å². The summed E-state index contributed by atoms with van der Waals surface area (Å²) in [4.78, 5) is 13.5. The number of anilines is 1. The SMILES string of the molecule is CC1(C(=O)Nc2ccccc2C(F)(F)F)CC2c3ccccc3C1c1ccccc12. The molecular formula is C25H20F3NO. The molecule has 1 atom stereocenters. The Kier molecular flexibility index (Phi) is 4.07. The molecule has 30 heavy (non-hydrogen) atoms. The molecule has 3 aliphatic rings. The van der Waals surface area contributed by atoms with E-state index in [1.807, 2.05) is 43.3 Å². The summed E-state index contributed by atoms with van der Waals surface area (Å²) < 4.78 is 40.3. The van der Waals surface area contributed by atoms with E-state index < -0.39 is 17.2 Å². The molecule has 1 unspecified atom stereocenters. The number of amides is 1. The lowest BCUT2D eigenvalue weighted by molar-refractivity contribution is -0.137. The van der Waals surface area contributed by atoms with E-state index in [0.29, 0.717) is 6.42 Å². The van der Waals surface area contributed by atoms with Crippen molar-refractivity contribution in [1.82, 2.24) is 0 Å². The van der Waals surface area contributed by atoms with Gasteiger partial charge in [0.05, 0.1) is 16.7 Å². The van der Waals surface area contributed by atoms with Gasteiger partial charge in [0.15, 0.2) is 0 Å². The summed E-state index contributed by atoms with van der Waals surface area (Å²) in [6, 6.07) is 21.3. The Hall–Kier alpha value is -3.08. The maximum absolute atomic E-state index is 13.5. The summed E-state index contributed by atoms with van der Waals surface area (Å²) in [5.74, 6) is -0.526. The van der Waals surface area contributed by atoms with Crippen molar-refractivity contribution < 1.29 is 18.0 Å². The Morgan fingerprint density at radius 1 is 0.867 bits per heavy atom. The molecule has 6 rings (SSSR count). The molecule has 3 aromatic carbocycles. The highest BCUT2D eigenvalue weighted by Crippen LogP contribution is 2.61. The predicted octanol–water partition coefficient (Wildman–Crippen LogP) is 6.33. The van der Waals surface area contributed by atoms with Crippen LogP contribution in [0.25, 0.3) is 0 Å². The van der Waals surface area contributed by atoms with Crippen LogP contribution in [0.2, 0.25) is 0 Å². The van der Waals surface area contributed by atoms with Crippen LogP contribution in [0.4, 0.5) is 18.9 Å². The van der Waals surface area contributed by atoms with Gasteiger partial charge in [0.25, 0.3) is 0 Å². The lowest BCUT2D eigenvalue weighted by atomic mass is 9.52. The van der Waals surface area contributed by atoms with Crippen LogP contribution >= 0.6 is 0 Å². The third-order valence-electron chi connectivity index (χ3n) is 6.63. The molecule has 0 saturated heterocycles. The molecule has 0 fully saturated rings. The smallest absolute Gasteiger partial charge is 0.325 e. The zero-order chi connectivity index (χ0) is 21.1. The minimum absolute atomic E-state index is 0.0519. The molecule has 0 aliphatic heterocycles. The van der Waals surface area contributed by atoms with Gasteiger partial charge < -0.3 is 5.32 Å². The average molecular weight is 407 g/mol. The van der Waals surface area contributed by atoms with Gasteiger partial charge in [0.2, 0.25) is 5.91 Å². The minimum atomic E-state index is -4.53. The standard InChI is InChI=1S/C25H20F3NO/c1-24(23(30)29-21-13-7-6-12-20(21)25(26,27)28)14-19-15-8-2-4-10-17(15)22(24)18-11-5-3-9-16(18)19/h2-13,19,22H,14H2,1H3,(H,29,30). The van der Waals surface area contributed by atoms with Gasteiger partial charge in [-0.05, 0) is 47.7 Å². The monoisotopic (exact) mass is 407 g/mol. The predicted molar refractivity (Wildman–Crippen MR) is 109 cm³/mol. The van der Waals surface area contributed by atoms with Crippen molar-refractivity contribution in [2.75, 3.05) is 5.32 Å². The number of fused-ring (bicyclic) bond motifs is 1. The summed E-state index contributed by atoms with van der Waals surface area (Å²) in [5, 5.41) is 2.61. The molecule has 3 aliphatic carbocycles. The van der Waals surface area contributed by atoms with Crippen LogP contribution in [0.3, 0.4) is 0 Å². The molecule has 0 radical (unpaired) electrons. The minimum Gasteiger partial charge on any atom is -0.325 e. The lowest BCUT2D eigenvalue weighted by Gasteiger charge is -2.50. The van der Waals surface area contributed by atoms with Gasteiger partial charge >= 0.3 is 6.18 Å². The van der Waals surface area contributed by atoms with Gasteiger partial charge in [-0.1, -0.05) is 60.7 Å². The first kappa shape index (κ1) is 18.9. The molecule has 1 N–H and O–H groups in total. The molecule has 1 amide bonds. The highest BCUT2D eigenvalue weighted by Gasteiger charge is 2.54. The van der Waals surface area contributed by atoms with Crippen LogP contribution in [0.15, 0.2) is 72.8 Å². The second-order valence-corrected chi connectivity index (χ2v) is 8.36. The zero-order valence-electron chi connectivity index (χ0n) is 16.3. The number of hydrogen-bond acceptors (Lipinski definition) is 1. The number of carbonyl (C=O) groups is 1. The molecular weight excluding hydrogens is 387 g/mol. The first-order valence-electron chi connectivity index (χ1n) is 9.96. The van der Waals surface area contributed by atoms with Gasteiger partial charge in [-0.2, -0.15) is 13.2 Å². The number of hydrogen-bond donors (Lipinski definition) is 1. The molecule has 5 heteroatoms. The van der Waals surface area contributed by atoms with Crippen LogP contribution in [-0.4, -0.2) is 5.91 Å². The second kappa shape index (κ2) is 6.46. The van der Waals surface area contributed by atoms with E-state index in [0.717, 1.165) is 17.2 Å². The number of nitrogens with one attached hydrogen (secondary N) is 1. The number of benzene rings is 3. The molecule has 152 valence electrons. The van der Waals surface area contributed by atoms with Crippen molar-refractivity contribution in [1.29, 1.82) is 0 Å². The quantitative estimate of drug-likeness (QED) is 0.528. The van der Waals surface area contributed by atoms with Crippen LogP contribution in [-0.2, 0) is 11.0 Å². The van der Waals surface area contributed by atoms with E-state index in [9.17, 15) is 18.0 Å². The van der Waals surface area contributed by atoms with Crippen LogP contribution in [0.1, 0.15) is 53.0 Å². The summed E-state index contributed by atoms with van der Waals surface area (Å²) in [5.41, 5.74) is 2.72. The van der Waals surface area contributed by atoms with E-state index in [1.165, 1.54) is 29.3 Å². The highest BCUT2D eigenvalue weighted by molar-refractivity contribution is 5.98. The Balaban J connectivity index is 1.59. The first-order chi connectivity index (χ1) is 14.3. The average Bonchev–Trinajstić information content (AvgIpc) is 2.73. The molecule has 3 aromatic rings. The number of para-hydroxylation sites is 1. The Labute approximate surface area is 172 Å². The Morgan fingerprint density at radius 3 is 1.93 bits per heavy atom. The van der Waals surface area contributed by atoms with Crippen LogP contribution in [0.5, 0.6) is 0 Å². The topological polar surface area (TPSA) is 29.1 Å². The van der Waals surface area contributed by atoms with E-state index in [-0.39, 0.29) is 23.4 Å². The fraction of sp³-hybridized carbons (Fsp3) is 0.240. The lowest BCUT2D eigenvalue weighted by Crippen LogP contribution is -2.47. The normalized spacial score (nSPS) is 24.1. The van der Waals surface area contributed by atoms with E-state index in [1.54, 1.807) is 0 Å². The van der Waals surface area contributed by atoms with Gasteiger partial charge in [0.1, 0.15) is 0 Å². The van der Waals surface area contributed by atoms with Crippen molar-refractivity contribution in [2.45, 2.75) is 31.4 Å². The molecule has 0 heterocycles. The Bertz CT molecular complexity index is 1110. The number of carbonyl (C=O) groups excluding carboxylic acids is 1. The summed E-state index contributed by atoms with van der Waals surface area (Å²) in [6.07, 6.45) is -3.97. The summed E-state index contributed by atoms with van der Waals surface area (Å²) >= 11 is 0. The number of halogens is 3. The fourth-order valence-electron chi connectivity index (χ4n) is 5.29. The van der Waals surface area contributed by atoms with Crippen LogP contribution < -0.4 is 5.32 Å². The third-order valence-corrected chi connectivity index (χ3v) is 6.63. The second-order valence-electron chi connectivity index (χ2n) is 8.36. The molecule has 0 aromatic heterocycles. The molecule has 0 spiro atoms. The summed E-state index contributed by atoms with van der Waals surface area (Å²) in [7, 11) is 0. The molecule has 2 bridgehead atoms.